The molecule has 1 saturated carbocycles. The molecule has 0 radical (unpaired) electrons. The van der Waals surface area contributed by atoms with Crippen molar-refractivity contribution in [2.24, 2.45) is 5.92 Å². The Bertz CT molecular complexity index is 4800. The molecule has 0 amide bonds. The molecule has 3 heterocycles. The number of imidazole rings is 3. The molecule has 520 valence electrons. The molecule has 10 rings (SSSR count). The van der Waals surface area contributed by atoms with Crippen LogP contribution in [-0.2, 0) is 47.3 Å². The highest BCUT2D eigenvalue weighted by Gasteiger charge is 2.32. The molecule has 9 aromatic rings. The van der Waals surface area contributed by atoms with E-state index in [0.717, 1.165) is 30.9 Å². The number of hydrogen-bond donors (Lipinski definition) is 0. The predicted octanol–water partition coefficient (Wildman–Crippen LogP) is 11.5. The zero-order valence-electron chi connectivity index (χ0n) is 55.8. The van der Waals surface area contributed by atoms with Crippen LogP contribution in [0.1, 0.15) is 94.7 Å². The van der Waals surface area contributed by atoms with Crippen LogP contribution in [0.3, 0.4) is 0 Å². The summed E-state index contributed by atoms with van der Waals surface area (Å²) in [5.41, 5.74) is 4.87. The maximum Gasteiger partial charge on any atom is 0.329 e. The van der Waals surface area contributed by atoms with Gasteiger partial charge in [-0.3, -0.25) is 27.4 Å². The van der Waals surface area contributed by atoms with Gasteiger partial charge in [0.25, 0.3) is 0 Å². The van der Waals surface area contributed by atoms with Gasteiger partial charge in [-0.05, 0) is 161 Å². The van der Waals surface area contributed by atoms with E-state index in [1.54, 1.807) is 142 Å². The van der Waals surface area contributed by atoms with Gasteiger partial charge in [0.15, 0.2) is 34.5 Å². The first-order valence-electron chi connectivity index (χ1n) is 31.2. The largest absolute Gasteiger partial charge is 0.493 e. The summed E-state index contributed by atoms with van der Waals surface area (Å²) in [6, 6.07) is 28.9. The van der Waals surface area contributed by atoms with Gasteiger partial charge >= 0.3 is 17.1 Å². The smallest absolute Gasteiger partial charge is 0.329 e. The van der Waals surface area contributed by atoms with E-state index in [2.05, 4.69) is 0 Å². The van der Waals surface area contributed by atoms with Gasteiger partial charge in [0.1, 0.15) is 29.5 Å². The molecule has 0 spiro atoms. The average molecular weight is 1440 g/mol. The molecule has 0 saturated heterocycles. The van der Waals surface area contributed by atoms with E-state index in [1.807, 2.05) is 34.6 Å². The fraction of sp³-hybridized carbons (Fsp3) is 0.426. The number of fused-ring (bicyclic) bond motifs is 3. The summed E-state index contributed by atoms with van der Waals surface area (Å²) < 4.78 is 122. The van der Waals surface area contributed by atoms with Crippen molar-refractivity contribution >= 4 is 97.4 Å². The highest BCUT2D eigenvalue weighted by molar-refractivity contribution is 7.91. The quantitative estimate of drug-likeness (QED) is 0.0464. The second-order valence-corrected chi connectivity index (χ2v) is 31.6. The number of methoxy groups -OCH3 is 4. The lowest BCUT2D eigenvalue weighted by atomic mass is 9.85. The van der Waals surface area contributed by atoms with Crippen LogP contribution in [0.25, 0.3) is 33.1 Å². The molecular weight excluding hydrogens is 1360 g/mol. The van der Waals surface area contributed by atoms with Gasteiger partial charge in [0.2, 0.25) is 0 Å². The maximum atomic E-state index is 13.7. The van der Waals surface area contributed by atoms with Crippen LogP contribution >= 0.6 is 34.8 Å². The molecule has 3 aromatic heterocycles. The van der Waals surface area contributed by atoms with Crippen molar-refractivity contribution in [3.63, 3.8) is 0 Å². The monoisotopic (exact) mass is 1440 g/mol. The number of rotatable bonds is 27. The van der Waals surface area contributed by atoms with Gasteiger partial charge in [-0.15, -0.1) is 0 Å². The van der Waals surface area contributed by atoms with Crippen molar-refractivity contribution in [1.29, 1.82) is 0 Å². The molecule has 0 bridgehead atoms. The molecule has 1 aliphatic rings. The highest BCUT2D eigenvalue weighted by atomic mass is 35.5. The Balaban J connectivity index is 0.000000184. The average Bonchev–Trinajstić information content (AvgIpc) is 1.60. The lowest BCUT2D eigenvalue weighted by molar-refractivity contribution is 0.187. The van der Waals surface area contributed by atoms with E-state index < -0.39 is 47.6 Å². The van der Waals surface area contributed by atoms with Crippen LogP contribution in [0.5, 0.6) is 34.5 Å². The van der Waals surface area contributed by atoms with E-state index in [0.29, 0.717) is 139 Å². The zero-order chi connectivity index (χ0) is 70.1. The fourth-order valence-electron chi connectivity index (χ4n) is 12.0. The molecule has 6 aromatic carbocycles. The van der Waals surface area contributed by atoms with Gasteiger partial charge in [0.05, 0.1) is 123 Å². The van der Waals surface area contributed by atoms with Gasteiger partial charge in [-0.2, -0.15) is 0 Å². The first-order chi connectivity index (χ1) is 45.5. The van der Waals surface area contributed by atoms with Crippen molar-refractivity contribution < 1.29 is 58.4 Å². The molecular formula is C68H83Cl3N6O16S3. The standard InChI is InChI=1S/C24H29ClN2O5S.C22H27ClN2O6S.C22H27ClN2O5S/c1-4-32-23-12-17(8-11-22(23)31-2)21(15-33(3,29)30)27-19-10-9-18(25)13-20(19)26(24(27)28)14-16-6-5-7-16;1-5-31-21-12-15(6-9-20(21)30-3)19(14-32(4,27)28)25-17-8-7-16(23)13-18(17)24(22(25)26)10-11-29-2;1-6-30-21-11-15(7-10-20(21)29-4)19(13-31(5,27)28)25-17-9-8-16(23)12-18(17)24(14(2)3)22(25)26/h8-13,16,21H,4-7,14-15H2,1-3H3;6-9,12-13,19H,5,10-11,14H2,1-4H3;7-12,14,19H,6,13H2,1-5H3/t21-;;19-/m1.1/s1. The number of sulfone groups is 3. The van der Waals surface area contributed by atoms with E-state index in [9.17, 15) is 39.6 Å². The second kappa shape index (κ2) is 31.9. The highest BCUT2D eigenvalue weighted by Crippen LogP contribution is 2.38. The number of aromatic nitrogens is 6. The summed E-state index contributed by atoms with van der Waals surface area (Å²) in [7, 11) is -4.14. The van der Waals surface area contributed by atoms with Gasteiger partial charge < -0.3 is 33.2 Å². The topological polar surface area (TPSA) is 248 Å². The predicted molar refractivity (Wildman–Crippen MR) is 379 cm³/mol. The third-order valence-corrected chi connectivity index (χ3v) is 19.8. The first-order valence-corrected chi connectivity index (χ1v) is 38.5. The van der Waals surface area contributed by atoms with Gasteiger partial charge in [0, 0.05) is 53.5 Å². The van der Waals surface area contributed by atoms with E-state index in [1.165, 1.54) is 36.0 Å². The molecule has 96 heavy (non-hydrogen) atoms. The molecule has 1 aliphatic carbocycles. The second-order valence-electron chi connectivity index (χ2n) is 23.7. The van der Waals surface area contributed by atoms with Crippen LogP contribution in [0, 0.1) is 5.92 Å². The molecule has 22 nitrogen and oxygen atoms in total. The van der Waals surface area contributed by atoms with Crippen LogP contribution in [0.15, 0.2) is 124 Å². The van der Waals surface area contributed by atoms with E-state index >= 15 is 0 Å². The normalized spacial score (nSPS) is 13.8. The SMILES string of the molecule is CCOc1cc(C(CS(C)(=O)=O)n2c(=O)n(CCOC)c3cc(Cl)ccc32)ccc1OC.CCOc1cc([C@@H](CS(C)(=O)=O)n2c(=O)n(C(C)C)c3cc(Cl)ccc32)ccc1OC.CCOc1cc([C@@H](CS(C)(=O)=O)n2c(=O)n(CC3CCC3)c3cc(Cl)ccc32)ccc1OC. The molecule has 0 aliphatic heterocycles. The lowest BCUT2D eigenvalue weighted by Gasteiger charge is -2.25. The van der Waals surface area contributed by atoms with E-state index in [4.69, 9.17) is 68.0 Å². The minimum atomic E-state index is -3.45. The minimum absolute atomic E-state index is 0.136. The fourth-order valence-corrected chi connectivity index (χ4v) is 15.2. The summed E-state index contributed by atoms with van der Waals surface area (Å²) in [5.74, 6) is 2.78. The first kappa shape index (κ1) is 74.4. The van der Waals surface area contributed by atoms with Gasteiger partial charge in [-0.25, -0.2) is 39.6 Å². The Labute approximate surface area is 574 Å². The summed E-state index contributed by atoms with van der Waals surface area (Å²) in [4.78, 5) is 40.8. The Kier molecular flexibility index (Phi) is 24.7. The summed E-state index contributed by atoms with van der Waals surface area (Å²) >= 11 is 18.7. The molecule has 1 unspecified atom stereocenters. The molecule has 3 atom stereocenters. The van der Waals surface area contributed by atoms with Gasteiger partial charge in [-0.1, -0.05) is 59.4 Å². The zero-order valence-corrected chi connectivity index (χ0v) is 60.6. The third-order valence-electron chi connectivity index (χ3n) is 16.4. The number of nitrogens with zero attached hydrogens (tertiary/aromatic N) is 6. The number of hydrogen-bond acceptors (Lipinski definition) is 16. The van der Waals surface area contributed by atoms with Crippen LogP contribution in [0.4, 0.5) is 0 Å². The van der Waals surface area contributed by atoms with E-state index in [-0.39, 0.29) is 40.4 Å². The number of benzene rings is 6. The lowest BCUT2D eigenvalue weighted by Crippen LogP contribution is -2.33. The Hall–Kier alpha value is -7.39. The van der Waals surface area contributed by atoms with Crippen LogP contribution in [-0.4, -0.2) is 144 Å². The molecule has 28 heteroatoms. The van der Waals surface area contributed by atoms with Crippen molar-refractivity contribution in [3.8, 4) is 34.5 Å². The molecule has 0 N–H and O–H groups in total. The number of ether oxygens (including phenoxy) is 7. The third kappa shape index (κ3) is 17.5. The number of halogens is 3. The summed E-state index contributed by atoms with van der Waals surface area (Å²) in [5, 5.41) is 1.51. The summed E-state index contributed by atoms with van der Waals surface area (Å²) in [6.45, 7) is 11.8. The van der Waals surface area contributed by atoms with Crippen molar-refractivity contribution in [1.82, 2.24) is 27.4 Å². The Morgan fingerprint density at radius 1 is 0.438 bits per heavy atom. The van der Waals surface area contributed by atoms with Crippen molar-refractivity contribution in [2.75, 3.05) is 90.9 Å². The maximum absolute atomic E-state index is 13.7. The Morgan fingerprint density at radius 2 is 0.781 bits per heavy atom. The van der Waals surface area contributed by atoms with Crippen molar-refractivity contribution in [2.45, 2.75) is 91.1 Å². The van der Waals surface area contributed by atoms with Crippen molar-refractivity contribution in [3.05, 3.63) is 172 Å². The molecule has 1 fully saturated rings. The minimum Gasteiger partial charge on any atom is -0.493 e. The Morgan fingerprint density at radius 3 is 1.10 bits per heavy atom. The van der Waals surface area contributed by atoms with Crippen LogP contribution < -0.4 is 45.5 Å². The van der Waals surface area contributed by atoms with Crippen LogP contribution in [0.2, 0.25) is 15.1 Å². The summed E-state index contributed by atoms with van der Waals surface area (Å²) in [6.07, 6.45) is 6.84.